The molecule has 3 N–H and O–H groups in total. The normalized spacial score (nSPS) is 19.2. The molecule has 1 unspecified atom stereocenters. The maximum atomic E-state index is 13.2. The number of carbonyl (C=O) groups is 1. The zero-order valence-electron chi connectivity index (χ0n) is 11.4. The fourth-order valence-corrected chi connectivity index (χ4v) is 2.67. The first kappa shape index (κ1) is 14.6. The Morgan fingerprint density at radius 3 is 2.85 bits per heavy atom. The summed E-state index contributed by atoms with van der Waals surface area (Å²) >= 11 is 0. The first-order valence-corrected chi connectivity index (χ1v) is 6.70. The second-order valence-corrected chi connectivity index (χ2v) is 4.94. The number of halogens is 2. The molecule has 1 heterocycles. The minimum atomic E-state index is -2.61. The van der Waals surface area contributed by atoms with Gasteiger partial charge in [-0.1, -0.05) is 0 Å². The van der Waals surface area contributed by atoms with Gasteiger partial charge in [-0.15, -0.1) is 0 Å². The molecule has 20 heavy (non-hydrogen) atoms. The molecule has 0 saturated carbocycles. The molecule has 4 nitrogen and oxygen atoms in total. The van der Waals surface area contributed by atoms with Gasteiger partial charge in [-0.2, -0.15) is 0 Å². The van der Waals surface area contributed by atoms with Gasteiger partial charge in [-0.25, -0.2) is 8.78 Å². The Morgan fingerprint density at radius 1 is 1.45 bits per heavy atom. The van der Waals surface area contributed by atoms with Crippen LogP contribution < -0.4 is 16.0 Å². The third kappa shape index (κ3) is 2.84. The smallest absolute Gasteiger partial charge is 0.265 e. The molecular weight excluding hydrogens is 264 g/mol. The molecule has 1 aliphatic heterocycles. The highest BCUT2D eigenvalue weighted by Gasteiger charge is 2.30. The van der Waals surface area contributed by atoms with Crippen LogP contribution in [0.5, 0.6) is 0 Å². The largest absolute Gasteiger partial charge is 0.399 e. The topological polar surface area (TPSA) is 58.4 Å². The molecule has 1 amide bonds. The molecule has 0 bridgehead atoms. The van der Waals surface area contributed by atoms with E-state index in [9.17, 15) is 13.6 Å². The second-order valence-electron chi connectivity index (χ2n) is 4.94. The van der Waals surface area contributed by atoms with Crippen molar-refractivity contribution in [3.05, 3.63) is 23.8 Å². The Balaban J connectivity index is 2.39. The maximum Gasteiger partial charge on any atom is 0.265 e. The van der Waals surface area contributed by atoms with Crippen molar-refractivity contribution in [1.29, 1.82) is 0 Å². The third-order valence-electron chi connectivity index (χ3n) is 3.65. The lowest BCUT2D eigenvalue weighted by Crippen LogP contribution is -2.49. The quantitative estimate of drug-likeness (QED) is 0.837. The molecule has 0 radical (unpaired) electrons. The van der Waals surface area contributed by atoms with Crippen LogP contribution in [0, 0.1) is 0 Å². The van der Waals surface area contributed by atoms with Gasteiger partial charge in [0.15, 0.2) is 0 Å². The summed E-state index contributed by atoms with van der Waals surface area (Å²) in [5.74, 6) is -0.137. The van der Waals surface area contributed by atoms with Crippen LogP contribution in [-0.4, -0.2) is 25.5 Å². The molecule has 0 aliphatic carbocycles. The van der Waals surface area contributed by atoms with Crippen molar-refractivity contribution in [1.82, 2.24) is 5.32 Å². The highest BCUT2D eigenvalue weighted by Crippen LogP contribution is 2.35. The van der Waals surface area contributed by atoms with E-state index in [2.05, 4.69) is 5.32 Å². The molecule has 1 aliphatic rings. The number of carbonyl (C=O) groups excluding carboxylic acids is 1. The minimum absolute atomic E-state index is 0.110. The molecule has 2 rings (SSSR count). The maximum absolute atomic E-state index is 13.2. The van der Waals surface area contributed by atoms with Crippen LogP contribution in [0.15, 0.2) is 18.2 Å². The van der Waals surface area contributed by atoms with Gasteiger partial charge in [-0.05, 0) is 37.5 Å². The summed E-state index contributed by atoms with van der Waals surface area (Å²) < 4.78 is 26.4. The lowest BCUT2D eigenvalue weighted by atomic mass is 9.99. The van der Waals surface area contributed by atoms with Gasteiger partial charge >= 0.3 is 0 Å². The van der Waals surface area contributed by atoms with E-state index >= 15 is 0 Å². The Bertz CT molecular complexity index is 493. The monoisotopic (exact) mass is 283 g/mol. The van der Waals surface area contributed by atoms with Crippen molar-refractivity contribution in [3.8, 4) is 0 Å². The SMILES string of the molecule is CNC(=O)C1CCCCN1c1ccc(N)cc1C(F)F. The van der Waals surface area contributed by atoms with Crippen LogP contribution in [0.3, 0.4) is 0 Å². The summed E-state index contributed by atoms with van der Waals surface area (Å²) in [4.78, 5) is 13.7. The summed E-state index contributed by atoms with van der Waals surface area (Å²) in [5, 5.41) is 2.60. The second kappa shape index (κ2) is 6.07. The Labute approximate surface area is 116 Å². The first-order valence-electron chi connectivity index (χ1n) is 6.70. The van der Waals surface area contributed by atoms with Crippen LogP contribution in [0.2, 0.25) is 0 Å². The lowest BCUT2D eigenvalue weighted by Gasteiger charge is -2.37. The van der Waals surface area contributed by atoms with Crippen molar-refractivity contribution in [3.63, 3.8) is 0 Å². The van der Waals surface area contributed by atoms with Crippen LogP contribution in [0.4, 0.5) is 20.2 Å². The summed E-state index contributed by atoms with van der Waals surface area (Å²) in [6, 6.07) is 4.07. The first-order chi connectivity index (χ1) is 9.54. The number of nitrogens with zero attached hydrogens (tertiary/aromatic N) is 1. The van der Waals surface area contributed by atoms with Crippen molar-refractivity contribution in [2.75, 3.05) is 24.2 Å². The number of piperidine rings is 1. The Hall–Kier alpha value is -1.85. The van der Waals surface area contributed by atoms with E-state index in [1.807, 2.05) is 0 Å². The summed E-state index contributed by atoms with van der Waals surface area (Å²) in [6.07, 6.45) is -0.123. The number of rotatable bonds is 3. The Kier molecular flexibility index (Phi) is 4.42. The van der Waals surface area contributed by atoms with E-state index in [-0.39, 0.29) is 11.5 Å². The van der Waals surface area contributed by atoms with Crippen LogP contribution >= 0.6 is 0 Å². The number of benzene rings is 1. The van der Waals surface area contributed by atoms with E-state index in [0.717, 1.165) is 12.8 Å². The summed E-state index contributed by atoms with van der Waals surface area (Å²) in [6.45, 7) is 0.599. The number of hydrogen-bond donors (Lipinski definition) is 2. The number of nitrogens with two attached hydrogens (primary N) is 1. The van der Waals surface area contributed by atoms with Crippen LogP contribution in [0.25, 0.3) is 0 Å². The summed E-state index contributed by atoms with van der Waals surface area (Å²) in [7, 11) is 1.56. The highest BCUT2D eigenvalue weighted by atomic mass is 19.3. The van der Waals surface area contributed by atoms with Gasteiger partial charge in [0, 0.05) is 30.5 Å². The lowest BCUT2D eigenvalue weighted by molar-refractivity contribution is -0.122. The predicted molar refractivity (Wildman–Crippen MR) is 74.9 cm³/mol. The van der Waals surface area contributed by atoms with Crippen molar-refractivity contribution >= 4 is 17.3 Å². The van der Waals surface area contributed by atoms with E-state index < -0.39 is 12.5 Å². The fourth-order valence-electron chi connectivity index (χ4n) is 2.67. The number of likely N-dealkylation sites (N-methyl/N-ethyl adjacent to an activating group) is 1. The van der Waals surface area contributed by atoms with E-state index in [0.29, 0.717) is 24.3 Å². The number of nitrogens with one attached hydrogen (secondary N) is 1. The van der Waals surface area contributed by atoms with Crippen molar-refractivity contribution in [2.45, 2.75) is 31.7 Å². The molecule has 1 atom stereocenters. The van der Waals surface area contributed by atoms with Crippen molar-refractivity contribution in [2.24, 2.45) is 0 Å². The molecular formula is C14H19F2N3O. The standard InChI is InChI=1S/C14H19F2N3O/c1-18-14(20)12-4-2-3-7-19(12)11-6-5-9(17)8-10(11)13(15)16/h5-6,8,12-13H,2-4,7,17H2,1H3,(H,18,20). The molecule has 0 aromatic heterocycles. The molecule has 6 heteroatoms. The Morgan fingerprint density at radius 2 is 2.20 bits per heavy atom. The number of amides is 1. The molecule has 1 aromatic carbocycles. The summed E-state index contributed by atoms with van der Waals surface area (Å²) in [5.41, 5.74) is 6.18. The number of hydrogen-bond acceptors (Lipinski definition) is 3. The zero-order chi connectivity index (χ0) is 14.7. The fraction of sp³-hybridized carbons (Fsp3) is 0.500. The van der Waals surface area contributed by atoms with Crippen molar-refractivity contribution < 1.29 is 13.6 Å². The number of nitrogen functional groups attached to an aromatic ring is 1. The van der Waals surface area contributed by atoms with Crippen LogP contribution in [-0.2, 0) is 4.79 Å². The highest BCUT2D eigenvalue weighted by molar-refractivity contribution is 5.85. The average Bonchev–Trinajstić information content (AvgIpc) is 2.46. The van der Waals surface area contributed by atoms with E-state index in [4.69, 9.17) is 5.73 Å². The minimum Gasteiger partial charge on any atom is -0.399 e. The molecule has 110 valence electrons. The number of alkyl halides is 2. The van der Waals surface area contributed by atoms with E-state index in [1.165, 1.54) is 6.07 Å². The van der Waals surface area contributed by atoms with Gasteiger partial charge in [0.05, 0.1) is 0 Å². The molecule has 1 saturated heterocycles. The van der Waals surface area contributed by atoms with Gasteiger partial charge in [0.2, 0.25) is 5.91 Å². The van der Waals surface area contributed by atoms with E-state index in [1.54, 1.807) is 24.1 Å². The number of anilines is 2. The van der Waals surface area contributed by atoms with Gasteiger partial charge < -0.3 is 16.0 Å². The molecule has 1 aromatic rings. The van der Waals surface area contributed by atoms with Gasteiger partial charge in [0.1, 0.15) is 6.04 Å². The molecule has 1 fully saturated rings. The predicted octanol–water partition coefficient (Wildman–Crippen LogP) is 2.31. The van der Waals surface area contributed by atoms with Crippen LogP contribution in [0.1, 0.15) is 31.3 Å². The van der Waals surface area contributed by atoms with Gasteiger partial charge in [0.25, 0.3) is 6.43 Å². The zero-order valence-corrected chi connectivity index (χ0v) is 11.4. The van der Waals surface area contributed by atoms with Gasteiger partial charge in [-0.3, -0.25) is 4.79 Å². The average molecular weight is 283 g/mol. The third-order valence-corrected chi connectivity index (χ3v) is 3.65. The molecule has 0 spiro atoms.